The molecule has 1 atom stereocenters. The summed E-state index contributed by atoms with van der Waals surface area (Å²) in [6.45, 7) is 2.96. The van der Waals surface area contributed by atoms with Crippen LogP contribution < -0.4 is 5.32 Å². The van der Waals surface area contributed by atoms with Crippen molar-refractivity contribution in [1.82, 2.24) is 5.32 Å². The molecule has 1 saturated heterocycles. The molecule has 1 fully saturated rings. The first kappa shape index (κ1) is 14.0. The highest BCUT2D eigenvalue weighted by atomic mass is 32.2. The van der Waals surface area contributed by atoms with Gasteiger partial charge in [0.25, 0.3) is 0 Å². The molecule has 1 aliphatic heterocycles. The van der Waals surface area contributed by atoms with E-state index in [1.807, 2.05) is 23.9 Å². The van der Waals surface area contributed by atoms with Gasteiger partial charge in [-0.1, -0.05) is 12.1 Å². The van der Waals surface area contributed by atoms with Crippen LogP contribution in [0.5, 0.6) is 0 Å². The third-order valence-corrected chi connectivity index (χ3v) is 4.95. The van der Waals surface area contributed by atoms with Gasteiger partial charge in [0.05, 0.1) is 18.1 Å². The van der Waals surface area contributed by atoms with Gasteiger partial charge < -0.3 is 5.32 Å². The molecule has 0 aromatic heterocycles. The van der Waals surface area contributed by atoms with E-state index in [2.05, 4.69) is 18.3 Å². The summed E-state index contributed by atoms with van der Waals surface area (Å²) in [6, 6.07) is 9.24. The minimum absolute atomic E-state index is 0.0541. The standard InChI is InChI=1S/C15H18N2OS/c1-15(7-2-8-19-15)11-17-14(18)9-12-3-5-13(10-16)6-4-12/h3-6H,2,7-9,11H2,1H3,(H,17,18). The van der Waals surface area contributed by atoms with Gasteiger partial charge in [-0.2, -0.15) is 17.0 Å². The molecule has 3 nitrogen and oxygen atoms in total. The maximum absolute atomic E-state index is 11.9. The molecule has 0 aliphatic carbocycles. The van der Waals surface area contributed by atoms with Crippen molar-refractivity contribution in [1.29, 1.82) is 5.26 Å². The Morgan fingerprint density at radius 2 is 2.21 bits per heavy atom. The second-order valence-corrected chi connectivity index (χ2v) is 6.85. The second-order valence-electron chi connectivity index (χ2n) is 5.16. The summed E-state index contributed by atoms with van der Waals surface area (Å²) in [4.78, 5) is 11.9. The van der Waals surface area contributed by atoms with Crippen LogP contribution in [0.15, 0.2) is 24.3 Å². The third kappa shape index (κ3) is 4.00. The van der Waals surface area contributed by atoms with Gasteiger partial charge in [0.2, 0.25) is 5.91 Å². The molecule has 100 valence electrons. The number of hydrogen-bond acceptors (Lipinski definition) is 3. The van der Waals surface area contributed by atoms with Gasteiger partial charge in [0.15, 0.2) is 0 Å². The molecule has 0 radical (unpaired) electrons. The smallest absolute Gasteiger partial charge is 0.224 e. The molecule has 1 heterocycles. The van der Waals surface area contributed by atoms with E-state index in [-0.39, 0.29) is 10.7 Å². The number of amides is 1. The van der Waals surface area contributed by atoms with Gasteiger partial charge in [0, 0.05) is 11.3 Å². The molecule has 19 heavy (non-hydrogen) atoms. The van der Waals surface area contributed by atoms with Crippen molar-refractivity contribution in [2.45, 2.75) is 30.9 Å². The van der Waals surface area contributed by atoms with Crippen molar-refractivity contribution in [2.75, 3.05) is 12.3 Å². The van der Waals surface area contributed by atoms with Crippen molar-refractivity contribution in [3.63, 3.8) is 0 Å². The highest BCUT2D eigenvalue weighted by Crippen LogP contribution is 2.36. The molecule has 1 amide bonds. The van der Waals surface area contributed by atoms with Crippen molar-refractivity contribution < 1.29 is 4.79 Å². The Bertz CT molecular complexity index is 484. The average molecular weight is 274 g/mol. The molecule has 1 unspecified atom stereocenters. The summed E-state index contributed by atoms with van der Waals surface area (Å²) < 4.78 is 0.209. The van der Waals surface area contributed by atoms with Crippen molar-refractivity contribution in [3.05, 3.63) is 35.4 Å². The molecule has 1 aromatic rings. The van der Waals surface area contributed by atoms with E-state index in [1.165, 1.54) is 18.6 Å². The zero-order chi connectivity index (χ0) is 13.7. The summed E-state index contributed by atoms with van der Waals surface area (Å²) in [7, 11) is 0. The second kappa shape index (κ2) is 6.12. The van der Waals surface area contributed by atoms with Gasteiger partial charge in [-0.15, -0.1) is 0 Å². The number of benzene rings is 1. The van der Waals surface area contributed by atoms with Crippen molar-refractivity contribution >= 4 is 17.7 Å². The third-order valence-electron chi connectivity index (χ3n) is 3.41. The van der Waals surface area contributed by atoms with Crippen LogP contribution in [-0.2, 0) is 11.2 Å². The van der Waals surface area contributed by atoms with Gasteiger partial charge in [0.1, 0.15) is 0 Å². The van der Waals surface area contributed by atoms with Gasteiger partial charge >= 0.3 is 0 Å². The molecular weight excluding hydrogens is 256 g/mol. The lowest BCUT2D eigenvalue weighted by molar-refractivity contribution is -0.120. The van der Waals surface area contributed by atoms with Gasteiger partial charge in [-0.05, 0) is 43.2 Å². The largest absolute Gasteiger partial charge is 0.354 e. The molecule has 0 bridgehead atoms. The fourth-order valence-corrected chi connectivity index (χ4v) is 3.45. The first-order chi connectivity index (χ1) is 9.11. The van der Waals surface area contributed by atoms with Crippen LogP contribution in [0.4, 0.5) is 0 Å². The first-order valence-corrected chi connectivity index (χ1v) is 7.50. The minimum atomic E-state index is 0.0541. The summed E-state index contributed by atoms with van der Waals surface area (Å²) in [6.07, 6.45) is 2.80. The van der Waals surface area contributed by atoms with E-state index in [9.17, 15) is 4.79 Å². The molecule has 2 rings (SSSR count). The van der Waals surface area contributed by atoms with Crippen LogP contribution in [0.25, 0.3) is 0 Å². The monoisotopic (exact) mass is 274 g/mol. The quantitative estimate of drug-likeness (QED) is 0.918. The van der Waals surface area contributed by atoms with Crippen LogP contribution in [0.2, 0.25) is 0 Å². The van der Waals surface area contributed by atoms with Gasteiger partial charge in [-0.25, -0.2) is 0 Å². The predicted octanol–water partition coefficient (Wildman–Crippen LogP) is 2.50. The molecule has 0 spiro atoms. The molecular formula is C15H18N2OS. The van der Waals surface area contributed by atoms with Crippen LogP contribution in [-0.4, -0.2) is 23.0 Å². The highest BCUT2D eigenvalue weighted by Gasteiger charge is 2.29. The molecule has 1 aromatic carbocycles. The van der Waals surface area contributed by atoms with Crippen molar-refractivity contribution in [2.24, 2.45) is 0 Å². The zero-order valence-electron chi connectivity index (χ0n) is 11.1. The predicted molar refractivity (Wildman–Crippen MR) is 78.0 cm³/mol. The Kier molecular flexibility index (Phi) is 4.49. The van der Waals surface area contributed by atoms with Crippen LogP contribution >= 0.6 is 11.8 Å². The lowest BCUT2D eigenvalue weighted by Crippen LogP contribution is -2.37. The van der Waals surface area contributed by atoms with E-state index >= 15 is 0 Å². The number of nitrogens with one attached hydrogen (secondary N) is 1. The summed E-state index contributed by atoms with van der Waals surface area (Å²) in [5.74, 6) is 1.25. The summed E-state index contributed by atoms with van der Waals surface area (Å²) >= 11 is 1.95. The minimum Gasteiger partial charge on any atom is -0.354 e. The van der Waals surface area contributed by atoms with Crippen LogP contribution in [0.1, 0.15) is 30.9 Å². The molecule has 0 saturated carbocycles. The Morgan fingerprint density at radius 1 is 1.47 bits per heavy atom. The summed E-state index contributed by atoms with van der Waals surface area (Å²) in [5.41, 5.74) is 1.57. The molecule has 1 aliphatic rings. The van der Waals surface area contributed by atoms with E-state index in [0.717, 1.165) is 12.1 Å². The number of nitriles is 1. The van der Waals surface area contributed by atoms with E-state index < -0.39 is 0 Å². The fourth-order valence-electron chi connectivity index (χ4n) is 2.21. The van der Waals surface area contributed by atoms with E-state index in [1.54, 1.807) is 12.1 Å². The Balaban J connectivity index is 1.82. The summed E-state index contributed by atoms with van der Waals surface area (Å²) in [5, 5.41) is 11.7. The van der Waals surface area contributed by atoms with E-state index in [0.29, 0.717) is 12.0 Å². The maximum atomic E-state index is 11.9. The normalized spacial score (nSPS) is 21.9. The van der Waals surface area contributed by atoms with E-state index in [4.69, 9.17) is 5.26 Å². The van der Waals surface area contributed by atoms with Gasteiger partial charge in [-0.3, -0.25) is 4.79 Å². The average Bonchev–Trinajstić information content (AvgIpc) is 2.85. The number of nitrogens with zero attached hydrogens (tertiary/aromatic N) is 1. The molecule has 4 heteroatoms. The topological polar surface area (TPSA) is 52.9 Å². The fraction of sp³-hybridized carbons (Fsp3) is 0.467. The lowest BCUT2D eigenvalue weighted by atomic mass is 10.1. The van der Waals surface area contributed by atoms with Crippen LogP contribution in [0, 0.1) is 11.3 Å². The highest BCUT2D eigenvalue weighted by molar-refractivity contribution is 8.00. The number of hydrogen-bond donors (Lipinski definition) is 1. The maximum Gasteiger partial charge on any atom is 0.224 e. The number of thioether (sulfide) groups is 1. The van der Waals surface area contributed by atoms with Crippen LogP contribution in [0.3, 0.4) is 0 Å². The zero-order valence-corrected chi connectivity index (χ0v) is 11.9. The first-order valence-electron chi connectivity index (χ1n) is 6.51. The Morgan fingerprint density at radius 3 is 2.79 bits per heavy atom. The van der Waals surface area contributed by atoms with Crippen molar-refractivity contribution in [3.8, 4) is 6.07 Å². The Labute approximate surface area is 118 Å². The number of rotatable bonds is 4. The lowest BCUT2D eigenvalue weighted by Gasteiger charge is -2.22. The Hall–Kier alpha value is -1.47. The number of carbonyl (C=O) groups excluding carboxylic acids is 1. The molecule has 1 N–H and O–H groups in total. The number of carbonyl (C=O) groups is 1. The SMILES string of the molecule is CC1(CNC(=O)Cc2ccc(C#N)cc2)CCCS1.